The third-order valence-corrected chi connectivity index (χ3v) is 4.66. The zero-order valence-electron chi connectivity index (χ0n) is 14.0. The lowest BCUT2D eigenvalue weighted by atomic mass is 9.78. The molecule has 4 heteroatoms. The molecule has 4 N–H and O–H groups in total. The maximum absolute atomic E-state index is 11.7. The van der Waals surface area contributed by atoms with Crippen molar-refractivity contribution in [1.29, 1.82) is 0 Å². The Labute approximate surface area is 138 Å². The molecule has 0 aliphatic heterocycles. The Morgan fingerprint density at radius 3 is 2.26 bits per heavy atom. The van der Waals surface area contributed by atoms with Gasteiger partial charge in [0.1, 0.15) is 5.75 Å². The molecule has 0 atom stereocenters. The summed E-state index contributed by atoms with van der Waals surface area (Å²) in [6, 6.07) is 5.33. The molecule has 2 rings (SSSR count). The number of carbonyl (C=O) groups is 1. The maximum atomic E-state index is 11.7. The molecule has 0 heterocycles. The number of nitrogen functional groups attached to an aromatic ring is 2. The molecular weight excluding hydrogens is 288 g/mol. The Bertz CT molecular complexity index is 540. The van der Waals surface area contributed by atoms with E-state index < -0.39 is 0 Å². The second kappa shape index (κ2) is 8.04. The van der Waals surface area contributed by atoms with Gasteiger partial charge in [-0.15, -0.1) is 0 Å². The fourth-order valence-electron chi connectivity index (χ4n) is 3.23. The summed E-state index contributed by atoms with van der Waals surface area (Å²) >= 11 is 0. The molecule has 1 aromatic carbocycles. The van der Waals surface area contributed by atoms with Crippen molar-refractivity contribution in [2.45, 2.75) is 45.4 Å². The summed E-state index contributed by atoms with van der Waals surface area (Å²) in [7, 11) is 0. The zero-order valence-corrected chi connectivity index (χ0v) is 14.0. The van der Waals surface area contributed by atoms with Gasteiger partial charge in [-0.05, 0) is 49.7 Å². The molecule has 0 radical (unpaired) electrons. The second-order valence-corrected chi connectivity index (χ2v) is 6.77. The van der Waals surface area contributed by atoms with Crippen LogP contribution in [0.4, 0.5) is 11.4 Å². The van der Waals surface area contributed by atoms with Crippen molar-refractivity contribution >= 4 is 17.2 Å². The van der Waals surface area contributed by atoms with E-state index in [-0.39, 0.29) is 5.78 Å². The first-order chi connectivity index (χ1) is 10.9. The lowest BCUT2D eigenvalue weighted by Gasteiger charge is -2.28. The zero-order chi connectivity index (χ0) is 16.8. The van der Waals surface area contributed by atoms with Crippen LogP contribution in [0.15, 0.2) is 30.4 Å². The average molecular weight is 316 g/mol. The second-order valence-electron chi connectivity index (χ2n) is 6.77. The fourth-order valence-corrected chi connectivity index (χ4v) is 3.23. The summed E-state index contributed by atoms with van der Waals surface area (Å²) in [4.78, 5) is 11.7. The maximum Gasteiger partial charge on any atom is 0.158 e. The highest BCUT2D eigenvalue weighted by atomic mass is 16.5. The number of rotatable bonds is 7. The first kappa shape index (κ1) is 17.4. The summed E-state index contributed by atoms with van der Waals surface area (Å²) in [6.45, 7) is 6.22. The van der Waals surface area contributed by atoms with Gasteiger partial charge in [0, 0.05) is 29.9 Å². The van der Waals surface area contributed by atoms with Gasteiger partial charge in [0.25, 0.3) is 0 Å². The van der Waals surface area contributed by atoms with Gasteiger partial charge in [-0.2, -0.15) is 0 Å². The minimum Gasteiger partial charge on any atom is -0.493 e. The third-order valence-electron chi connectivity index (χ3n) is 4.66. The molecule has 0 bridgehead atoms. The van der Waals surface area contributed by atoms with Crippen LogP contribution in [0.3, 0.4) is 0 Å². The molecule has 0 amide bonds. The van der Waals surface area contributed by atoms with Crippen LogP contribution in [0.5, 0.6) is 5.75 Å². The van der Waals surface area contributed by atoms with Crippen LogP contribution < -0.4 is 16.2 Å². The highest BCUT2D eigenvalue weighted by Gasteiger charge is 2.23. The van der Waals surface area contributed by atoms with Crippen molar-refractivity contribution in [3.63, 3.8) is 0 Å². The average Bonchev–Trinajstić information content (AvgIpc) is 2.48. The molecule has 0 saturated heterocycles. The quantitative estimate of drug-likeness (QED) is 0.589. The topological polar surface area (TPSA) is 78.3 Å². The summed E-state index contributed by atoms with van der Waals surface area (Å²) in [5, 5.41) is 0. The standard InChI is InChI=1S/C19H28N2O2/c1-13(2)19(22)9-15-5-3-14(4-6-15)7-8-23-18-11-16(20)10-17(21)12-18/h10-12,14-15H,1,3-9,20-21H2,2H3. The molecule has 126 valence electrons. The van der Waals surface area contributed by atoms with Crippen LogP contribution in [0.2, 0.25) is 0 Å². The number of ether oxygens (including phenoxy) is 1. The van der Waals surface area contributed by atoms with E-state index in [4.69, 9.17) is 16.2 Å². The Morgan fingerprint density at radius 1 is 1.13 bits per heavy atom. The molecule has 0 spiro atoms. The van der Waals surface area contributed by atoms with E-state index in [1.807, 2.05) is 0 Å². The van der Waals surface area contributed by atoms with Gasteiger partial charge in [0.2, 0.25) is 0 Å². The van der Waals surface area contributed by atoms with Crippen molar-refractivity contribution in [1.82, 2.24) is 0 Å². The Morgan fingerprint density at radius 2 is 1.70 bits per heavy atom. The number of hydrogen-bond donors (Lipinski definition) is 2. The molecule has 1 fully saturated rings. The number of allylic oxidation sites excluding steroid dienone is 1. The SMILES string of the molecule is C=C(C)C(=O)CC1CCC(CCOc2cc(N)cc(N)c2)CC1. The van der Waals surface area contributed by atoms with Gasteiger partial charge < -0.3 is 16.2 Å². The van der Waals surface area contributed by atoms with E-state index in [0.717, 1.165) is 25.0 Å². The molecular formula is C19H28N2O2. The number of benzene rings is 1. The fraction of sp³-hybridized carbons (Fsp3) is 0.526. The summed E-state index contributed by atoms with van der Waals surface area (Å²) in [5.41, 5.74) is 13.5. The molecule has 1 saturated carbocycles. The highest BCUT2D eigenvalue weighted by Crippen LogP contribution is 2.33. The number of hydrogen-bond acceptors (Lipinski definition) is 4. The predicted molar refractivity (Wildman–Crippen MR) is 95.3 cm³/mol. The largest absolute Gasteiger partial charge is 0.493 e. The van der Waals surface area contributed by atoms with Crippen molar-refractivity contribution in [3.8, 4) is 5.75 Å². The van der Waals surface area contributed by atoms with Crippen LogP contribution in [-0.4, -0.2) is 12.4 Å². The van der Waals surface area contributed by atoms with Crippen LogP contribution in [0, 0.1) is 11.8 Å². The summed E-state index contributed by atoms with van der Waals surface area (Å²) < 4.78 is 5.77. The van der Waals surface area contributed by atoms with Crippen LogP contribution in [-0.2, 0) is 4.79 Å². The van der Waals surface area contributed by atoms with E-state index in [0.29, 0.717) is 41.8 Å². The summed E-state index contributed by atoms with van der Waals surface area (Å²) in [6.07, 6.45) is 6.33. The van der Waals surface area contributed by atoms with E-state index in [9.17, 15) is 4.79 Å². The number of Topliss-reactive ketones (excluding diaryl/α,β-unsaturated/α-hetero) is 1. The van der Waals surface area contributed by atoms with Gasteiger partial charge in [0.05, 0.1) is 6.61 Å². The van der Waals surface area contributed by atoms with Crippen LogP contribution in [0.1, 0.15) is 45.4 Å². The minimum atomic E-state index is 0.219. The number of carbonyl (C=O) groups excluding carboxylic acids is 1. The lowest BCUT2D eigenvalue weighted by Crippen LogP contribution is -2.19. The first-order valence-corrected chi connectivity index (χ1v) is 8.41. The minimum absolute atomic E-state index is 0.219. The molecule has 1 aromatic rings. The van der Waals surface area contributed by atoms with Gasteiger partial charge in [-0.25, -0.2) is 0 Å². The molecule has 1 aliphatic carbocycles. The van der Waals surface area contributed by atoms with E-state index in [2.05, 4.69) is 6.58 Å². The molecule has 0 unspecified atom stereocenters. The monoisotopic (exact) mass is 316 g/mol. The Hall–Kier alpha value is -1.97. The van der Waals surface area contributed by atoms with Gasteiger partial charge in [-0.3, -0.25) is 4.79 Å². The Balaban J connectivity index is 1.68. The third kappa shape index (κ3) is 5.62. The van der Waals surface area contributed by atoms with Crippen LogP contribution in [0.25, 0.3) is 0 Å². The predicted octanol–water partition coefficient (Wildman–Crippen LogP) is 3.96. The lowest BCUT2D eigenvalue weighted by molar-refractivity contribution is -0.116. The number of anilines is 2. The van der Waals surface area contributed by atoms with Crippen molar-refractivity contribution in [2.75, 3.05) is 18.1 Å². The van der Waals surface area contributed by atoms with E-state index in [1.165, 1.54) is 12.8 Å². The highest BCUT2D eigenvalue weighted by molar-refractivity contribution is 5.94. The molecule has 1 aliphatic rings. The first-order valence-electron chi connectivity index (χ1n) is 8.41. The van der Waals surface area contributed by atoms with Crippen molar-refractivity contribution < 1.29 is 9.53 Å². The Kier molecular flexibility index (Phi) is 6.08. The van der Waals surface area contributed by atoms with E-state index >= 15 is 0 Å². The molecule has 23 heavy (non-hydrogen) atoms. The van der Waals surface area contributed by atoms with Crippen LogP contribution >= 0.6 is 0 Å². The van der Waals surface area contributed by atoms with Gasteiger partial charge >= 0.3 is 0 Å². The van der Waals surface area contributed by atoms with Gasteiger partial charge in [0.15, 0.2) is 5.78 Å². The number of nitrogens with two attached hydrogens (primary N) is 2. The molecule has 0 aromatic heterocycles. The number of ketones is 1. The smallest absolute Gasteiger partial charge is 0.158 e. The van der Waals surface area contributed by atoms with Gasteiger partial charge in [-0.1, -0.05) is 19.4 Å². The molecule has 4 nitrogen and oxygen atoms in total. The van der Waals surface area contributed by atoms with Crippen molar-refractivity contribution in [2.24, 2.45) is 11.8 Å². The van der Waals surface area contributed by atoms with Crippen molar-refractivity contribution in [3.05, 3.63) is 30.4 Å². The summed E-state index contributed by atoms with van der Waals surface area (Å²) in [5.74, 6) is 2.17. The van der Waals surface area contributed by atoms with E-state index in [1.54, 1.807) is 25.1 Å². The normalized spacial score (nSPS) is 20.9.